The lowest BCUT2D eigenvalue weighted by Crippen LogP contribution is -2.57. The number of esters is 3. The molecule has 0 heterocycles. The third-order valence-corrected chi connectivity index (χ3v) is 36.3. The highest BCUT2D eigenvalue weighted by molar-refractivity contribution is 7.97. The van der Waals surface area contributed by atoms with Crippen molar-refractivity contribution in [3.63, 3.8) is 0 Å². The average molecular weight is 1940 g/mol. The molecule has 0 amide bonds. The number of halogens is 6. The monoisotopic (exact) mass is 1930 g/mol. The molecule has 0 aromatic heterocycles. The summed E-state index contributed by atoms with van der Waals surface area (Å²) in [5.41, 5.74) is 8.83. The van der Waals surface area contributed by atoms with E-state index in [0.29, 0.717) is 83.0 Å². The van der Waals surface area contributed by atoms with Gasteiger partial charge in [0.25, 0.3) is 0 Å². The maximum Gasteiger partial charge on any atom is 0.377 e. The molecule has 0 saturated heterocycles. The first kappa shape index (κ1) is 104. The molecule has 8 nitrogen and oxygen atoms in total. The van der Waals surface area contributed by atoms with E-state index >= 15 is 0 Å². The number of hydrogen-bond donors (Lipinski definition) is 0. The molecule has 10 aromatic carbocycles. The van der Waals surface area contributed by atoms with E-state index in [0.717, 1.165) is 44.9 Å². The van der Waals surface area contributed by atoms with Crippen molar-refractivity contribution in [1.82, 2.24) is 0 Å². The third-order valence-electron chi connectivity index (χ3n) is 29.6. The molecule has 732 valence electrons. The summed E-state index contributed by atoms with van der Waals surface area (Å²) in [6.45, 7) is 38.1. The van der Waals surface area contributed by atoms with Crippen LogP contribution >= 0.6 is 0 Å². The molecular formula is C121H143F6O8S3+3. The molecule has 138 heavy (non-hydrogen) atoms. The van der Waals surface area contributed by atoms with Gasteiger partial charge in [0.05, 0.1) is 39.3 Å². The number of alkyl halides is 6. The zero-order valence-corrected chi connectivity index (χ0v) is 86.8. The van der Waals surface area contributed by atoms with E-state index in [1.165, 1.54) is 102 Å². The number of Topliss-reactive ketones (excluding diaryl/α,β-unsaturated/α-hetero) is 2. The van der Waals surface area contributed by atoms with Gasteiger partial charge in [-0.2, -0.15) is 26.3 Å². The first-order valence-corrected chi connectivity index (χ1v) is 53.2. The molecule has 6 atom stereocenters. The maximum atomic E-state index is 13.2. The summed E-state index contributed by atoms with van der Waals surface area (Å²) >= 11 is 0. The first-order valence-electron chi connectivity index (χ1n) is 49.5. The Bertz CT molecular complexity index is 5390. The van der Waals surface area contributed by atoms with Crippen LogP contribution in [0.3, 0.4) is 0 Å². The van der Waals surface area contributed by atoms with Gasteiger partial charge in [-0.1, -0.05) is 267 Å². The molecule has 12 bridgehead atoms. The molecule has 0 spiro atoms. The topological polar surface area (TPSA) is 113 Å². The number of carbonyl (C=O) groups is 5. The maximum absolute atomic E-state index is 13.2. The van der Waals surface area contributed by atoms with Crippen LogP contribution in [0, 0.1) is 59.7 Å². The molecule has 12 aliphatic rings. The third kappa shape index (κ3) is 25.4. The van der Waals surface area contributed by atoms with E-state index in [9.17, 15) is 50.3 Å². The van der Waals surface area contributed by atoms with Crippen molar-refractivity contribution in [2.24, 2.45) is 52.8 Å². The zero-order chi connectivity index (χ0) is 99.7. The van der Waals surface area contributed by atoms with Gasteiger partial charge >= 0.3 is 35.7 Å². The van der Waals surface area contributed by atoms with Crippen molar-refractivity contribution in [3.05, 3.63) is 306 Å². The fourth-order valence-electron chi connectivity index (χ4n) is 23.3. The number of hydrogen-bond acceptors (Lipinski definition) is 8. The second-order valence-corrected chi connectivity index (χ2v) is 52.6. The molecule has 22 rings (SSSR count). The van der Waals surface area contributed by atoms with Crippen LogP contribution in [0.25, 0.3) is 0 Å². The van der Waals surface area contributed by atoms with Crippen molar-refractivity contribution < 1.29 is 64.5 Å². The largest absolute Gasteiger partial charge is 0.461 e. The summed E-state index contributed by atoms with van der Waals surface area (Å²) in [4.78, 5) is 70.5. The van der Waals surface area contributed by atoms with Crippen molar-refractivity contribution in [3.8, 4) is 0 Å². The lowest BCUT2D eigenvalue weighted by Gasteiger charge is -2.62. The zero-order valence-electron chi connectivity index (χ0n) is 84.3. The van der Waals surface area contributed by atoms with Gasteiger partial charge in [0, 0.05) is 49.9 Å². The Morgan fingerprint density at radius 1 is 0.290 bits per heavy atom. The van der Waals surface area contributed by atoms with Crippen molar-refractivity contribution >= 4 is 62.2 Å². The fourth-order valence-corrected chi connectivity index (χ4v) is 29.5. The van der Waals surface area contributed by atoms with E-state index in [1.54, 1.807) is 0 Å². The summed E-state index contributed by atoms with van der Waals surface area (Å²) in [5.74, 6) is -12.4. The quantitative estimate of drug-likeness (QED) is 0.0383. The molecule has 10 aromatic rings. The minimum Gasteiger partial charge on any atom is -0.461 e. The number of carbonyl (C=O) groups excluding carboxylic acids is 5. The smallest absolute Gasteiger partial charge is 0.377 e. The lowest BCUT2D eigenvalue weighted by atomic mass is 9.43. The van der Waals surface area contributed by atoms with Crippen LogP contribution in [-0.4, -0.2) is 65.1 Å². The second-order valence-electron chi connectivity index (χ2n) is 46.5. The van der Waals surface area contributed by atoms with Gasteiger partial charge in [-0.25, -0.2) is 14.4 Å². The van der Waals surface area contributed by atoms with Gasteiger partial charge < -0.3 is 14.2 Å². The van der Waals surface area contributed by atoms with Gasteiger partial charge in [0.15, 0.2) is 44.1 Å². The number of ketones is 2. The first-order chi connectivity index (χ1) is 64.7. The molecule has 0 radical (unpaired) electrons. The van der Waals surface area contributed by atoms with E-state index in [4.69, 9.17) is 14.2 Å². The highest BCUT2D eigenvalue weighted by atomic mass is 32.2. The normalized spacial score (nSPS) is 24.4. The summed E-state index contributed by atoms with van der Waals surface area (Å²) in [5, 5.41) is 0. The van der Waals surface area contributed by atoms with Crippen LogP contribution in [0.4, 0.5) is 26.3 Å². The summed E-state index contributed by atoms with van der Waals surface area (Å²) in [6, 6.07) is 98.1. The Balaban J connectivity index is 0.000000134. The van der Waals surface area contributed by atoms with E-state index in [-0.39, 0.29) is 112 Å². The van der Waals surface area contributed by atoms with Crippen molar-refractivity contribution in [2.45, 2.75) is 340 Å². The molecular weight excluding hydrogens is 1790 g/mol. The van der Waals surface area contributed by atoms with Gasteiger partial charge in [0.2, 0.25) is 0 Å². The summed E-state index contributed by atoms with van der Waals surface area (Å²) in [7, 11) is -0.219. The number of rotatable bonds is 17. The Kier molecular flexibility index (Phi) is 31.2. The van der Waals surface area contributed by atoms with Crippen molar-refractivity contribution in [1.29, 1.82) is 0 Å². The van der Waals surface area contributed by atoms with Crippen LogP contribution < -0.4 is 0 Å². The molecule has 12 fully saturated rings. The molecule has 6 unspecified atom stereocenters. The Morgan fingerprint density at radius 2 is 0.529 bits per heavy atom. The fraction of sp³-hybridized carbons (Fsp3) is 0.463. The molecule has 12 saturated carbocycles. The number of benzene rings is 10. The Labute approximate surface area is 826 Å². The van der Waals surface area contributed by atoms with Crippen LogP contribution in [0.15, 0.2) is 311 Å². The van der Waals surface area contributed by atoms with E-state index in [2.05, 4.69) is 378 Å². The van der Waals surface area contributed by atoms with Gasteiger partial charge in [-0.3, -0.25) is 9.59 Å². The summed E-state index contributed by atoms with van der Waals surface area (Å²) < 4.78 is 93.4. The van der Waals surface area contributed by atoms with E-state index < -0.39 is 46.9 Å². The van der Waals surface area contributed by atoms with Crippen LogP contribution in [0.2, 0.25) is 0 Å². The van der Waals surface area contributed by atoms with Crippen molar-refractivity contribution in [2.75, 3.05) is 6.61 Å². The van der Waals surface area contributed by atoms with Crippen LogP contribution in [-0.2, 0) is 103 Å². The predicted molar refractivity (Wildman–Crippen MR) is 546 cm³/mol. The van der Waals surface area contributed by atoms with Crippen LogP contribution in [0.1, 0.15) is 266 Å². The lowest BCUT2D eigenvalue weighted by molar-refractivity contribution is -0.207. The minimum atomic E-state index is -3.45. The van der Waals surface area contributed by atoms with E-state index in [1.807, 2.05) is 0 Å². The number of aryl methyl sites for hydroxylation is 1. The van der Waals surface area contributed by atoms with Gasteiger partial charge in [-0.05, 0) is 308 Å². The highest BCUT2D eigenvalue weighted by Gasteiger charge is 2.62. The molecule has 12 aliphatic carbocycles. The average Bonchev–Trinajstić information content (AvgIpc) is 0.712. The second kappa shape index (κ2) is 41.3. The SMILES string of the molecule is CC(C)(C)c1ccc([S+](c2ccc(C(C)(C)C)cc2)c2ccc(C(C)(C)C)cc2)cc1.CC(C)(C)c1ccc([S+](c2ccccc2)c2ccc(C(C)(C)C)cc2)cc1.CC(F)(F)C(=O)OC12CC3CC(C1)C(=O)C(C3)C2.CC(F)(F)C(=O)OC12CC3CC(C1)C(=O)C(C3)C2.Cc1ccc(C23CC4CC(CC(COC(=O)C(C)(F)F)(C4)C2)C3)cc1.c1ccc([S+](c2ccccc2)c2ccccc2)cc1. The molecule has 0 N–H and O–H groups in total. The Hall–Kier alpha value is -9.42. The van der Waals surface area contributed by atoms with Crippen LogP contribution in [0.5, 0.6) is 0 Å². The Morgan fingerprint density at radius 3 is 0.761 bits per heavy atom. The highest BCUT2D eigenvalue weighted by Crippen LogP contribution is 2.66. The summed E-state index contributed by atoms with van der Waals surface area (Å²) in [6.07, 6.45) is 13.1. The minimum absolute atomic E-state index is 0.0146. The number of ether oxygens (including phenoxy) is 3. The standard InChI is InChI=1S/C30H39S.C26H31S.C21H26F2O2.C18H15S.2C13H16F2O3/c1-28(2,3)22-10-16-25(17-11-22)31(26-18-12-23(13-19-26)29(4,5)6)27-20-14-24(15-21-27)30(7,8)9;1-25(2,3)20-12-16-23(17-13-20)27(22-10-8-7-9-11-22)24-18-14-21(15-19-24)26(4,5)6;1-14-3-5-17(6-4-14)21-10-15-7-16(11-21)9-20(8-15,12-21)13-25-18(24)19(2,22)23;1-4-10-16(11-5-1)19(17-12-6-2-7-13-17)18-14-8-3-9-15-18;2*1-12(14,15)11(17)18-13-4-7-2-8(5-13)10(16)9(3-7)6-13/h10-21H,1-9H3;7-19H,1-6H3;3-6,15-16H,7-13H2,1-2H3;1-15H;2*7-9H,2-6H2,1H3/q2*+1;;+1;;. The molecule has 0 aliphatic heterocycles. The van der Waals surface area contributed by atoms with Gasteiger partial charge in [0.1, 0.15) is 22.8 Å². The predicted octanol–water partition coefficient (Wildman–Crippen LogP) is 30.5. The van der Waals surface area contributed by atoms with Gasteiger partial charge in [-0.15, -0.1) is 0 Å². The molecule has 17 heteroatoms.